The molecule has 6 rings (SSSR count). The minimum Gasteiger partial charge on any atom is -0.348 e. The lowest BCUT2D eigenvalue weighted by Gasteiger charge is -2.20. The van der Waals surface area contributed by atoms with Gasteiger partial charge in [-0.3, -0.25) is 5.01 Å². The van der Waals surface area contributed by atoms with Crippen LogP contribution in [-0.2, 0) is 6.54 Å². The summed E-state index contributed by atoms with van der Waals surface area (Å²) >= 11 is 1.78. The average molecular weight is 472 g/mol. The van der Waals surface area contributed by atoms with Crippen molar-refractivity contribution in [2.75, 3.05) is 50.2 Å². The number of benzene rings is 1. The molecule has 0 radical (unpaired) electrons. The van der Waals surface area contributed by atoms with Gasteiger partial charge in [0.15, 0.2) is 5.13 Å². The summed E-state index contributed by atoms with van der Waals surface area (Å²) in [6.45, 7) is 5.28. The minimum atomic E-state index is 0.665. The number of hydrogen-bond donors (Lipinski definition) is 1. The third-order valence-corrected chi connectivity index (χ3v) is 8.78. The molecule has 5 heterocycles. The first-order valence-corrected chi connectivity index (χ1v) is 12.8. The van der Waals surface area contributed by atoms with E-state index >= 15 is 0 Å². The van der Waals surface area contributed by atoms with Gasteiger partial charge in [-0.05, 0) is 56.0 Å². The molecule has 174 valence electrons. The Labute approximate surface area is 204 Å². The lowest BCUT2D eigenvalue weighted by Crippen LogP contribution is -2.30. The molecule has 2 atom stereocenters. The van der Waals surface area contributed by atoms with Gasteiger partial charge in [0.25, 0.3) is 0 Å². The van der Waals surface area contributed by atoms with E-state index in [4.69, 9.17) is 9.97 Å². The first kappa shape index (κ1) is 21.5. The molecule has 0 spiro atoms. The molecule has 1 N–H and O–H groups in total. The fraction of sp³-hybridized carbons (Fsp3) is 0.423. The predicted molar refractivity (Wildman–Crippen MR) is 137 cm³/mol. The molecule has 2 aromatic heterocycles. The van der Waals surface area contributed by atoms with Gasteiger partial charge in [-0.15, -0.1) is 0 Å². The van der Waals surface area contributed by atoms with Crippen LogP contribution in [0.25, 0.3) is 21.7 Å². The van der Waals surface area contributed by atoms with Crippen molar-refractivity contribution < 1.29 is 0 Å². The maximum Gasteiger partial charge on any atom is 0.186 e. The molecule has 1 aromatic carbocycles. The molecule has 8 heteroatoms. The number of thiazole rings is 1. The highest BCUT2D eigenvalue weighted by molar-refractivity contribution is 7.19. The number of hydrazine groups is 1. The van der Waals surface area contributed by atoms with Crippen molar-refractivity contribution in [2.45, 2.75) is 19.4 Å². The Morgan fingerprint density at radius 1 is 1.06 bits per heavy atom. The van der Waals surface area contributed by atoms with Gasteiger partial charge >= 0.3 is 0 Å². The van der Waals surface area contributed by atoms with Crippen LogP contribution in [-0.4, -0.2) is 55.3 Å². The van der Waals surface area contributed by atoms with Gasteiger partial charge in [0.05, 0.1) is 22.2 Å². The van der Waals surface area contributed by atoms with Gasteiger partial charge in [-0.25, -0.2) is 15.0 Å². The molecule has 7 nitrogen and oxygen atoms in total. The van der Waals surface area contributed by atoms with Crippen molar-refractivity contribution in [3.8, 4) is 27.8 Å². The Kier molecular flexibility index (Phi) is 5.48. The number of aromatic nitrogens is 2. The maximum atomic E-state index is 9.24. The van der Waals surface area contributed by atoms with Crippen LogP contribution in [0.4, 0.5) is 10.9 Å². The Morgan fingerprint density at radius 2 is 1.79 bits per heavy atom. The summed E-state index contributed by atoms with van der Waals surface area (Å²) in [6, 6.07) is 12.3. The molecule has 0 amide bonds. The van der Waals surface area contributed by atoms with Gasteiger partial charge in [0.1, 0.15) is 5.82 Å². The number of nitrogens with zero attached hydrogens (tertiary/aromatic N) is 6. The van der Waals surface area contributed by atoms with E-state index in [1.165, 1.54) is 18.4 Å². The molecule has 0 bridgehead atoms. The van der Waals surface area contributed by atoms with Crippen molar-refractivity contribution in [3.05, 3.63) is 47.7 Å². The summed E-state index contributed by atoms with van der Waals surface area (Å²) in [5.74, 6) is 2.60. The van der Waals surface area contributed by atoms with Crippen LogP contribution in [0.1, 0.15) is 24.0 Å². The number of rotatable bonds is 3. The summed E-state index contributed by atoms with van der Waals surface area (Å²) in [6.07, 6.45) is 4.42. The topological polar surface area (TPSA) is 71.3 Å². The molecule has 0 aliphatic carbocycles. The van der Waals surface area contributed by atoms with E-state index < -0.39 is 0 Å². The van der Waals surface area contributed by atoms with E-state index in [9.17, 15) is 5.26 Å². The summed E-state index contributed by atoms with van der Waals surface area (Å²) < 4.78 is 0. The summed E-state index contributed by atoms with van der Waals surface area (Å²) in [5.41, 5.74) is 5.04. The van der Waals surface area contributed by atoms with E-state index in [1.807, 2.05) is 30.5 Å². The largest absolute Gasteiger partial charge is 0.348 e. The Bertz CT molecular complexity index is 1230. The second-order valence-electron chi connectivity index (χ2n) is 9.65. The maximum absolute atomic E-state index is 9.24. The first-order valence-electron chi connectivity index (χ1n) is 12.0. The number of nitriles is 1. The summed E-state index contributed by atoms with van der Waals surface area (Å²) in [5, 5.41) is 18.2. The van der Waals surface area contributed by atoms with E-state index in [-0.39, 0.29) is 0 Å². The van der Waals surface area contributed by atoms with Crippen molar-refractivity contribution in [1.29, 1.82) is 5.26 Å². The number of hydrogen-bond acceptors (Lipinski definition) is 8. The average Bonchev–Trinajstić information content (AvgIpc) is 3.54. The predicted octanol–water partition coefficient (Wildman–Crippen LogP) is 3.98. The molecule has 3 aliphatic rings. The third kappa shape index (κ3) is 3.74. The first-order chi connectivity index (χ1) is 16.6. The third-order valence-electron chi connectivity index (χ3n) is 7.62. The van der Waals surface area contributed by atoms with Crippen LogP contribution in [0, 0.1) is 23.2 Å². The fourth-order valence-electron chi connectivity index (χ4n) is 5.50. The standard InChI is InChI=1S/C26H29N7S/c1-31-16-22-11-21(15-29-25(22)32(31)2)24-23(18-5-3-17(12-27)4-6-18)30-26(34-24)33-9-7-19-13-28-14-20(19)8-10-33/h3-6,11,15,19-20,28H,7-10,13-14,16H2,1-2H3. The fourth-order valence-corrected chi connectivity index (χ4v) is 6.62. The van der Waals surface area contributed by atoms with Crippen molar-refractivity contribution >= 4 is 22.3 Å². The van der Waals surface area contributed by atoms with Gasteiger partial charge < -0.3 is 10.2 Å². The van der Waals surface area contributed by atoms with E-state index in [0.717, 1.165) is 77.2 Å². The zero-order valence-corrected chi connectivity index (χ0v) is 20.5. The van der Waals surface area contributed by atoms with E-state index in [1.54, 1.807) is 11.3 Å². The Hall–Kier alpha value is -2.99. The second-order valence-corrected chi connectivity index (χ2v) is 10.6. The van der Waals surface area contributed by atoms with E-state index in [0.29, 0.717) is 5.56 Å². The number of anilines is 2. The SMILES string of the molecule is CN1Cc2cc(-c3sc(N4CCC5CNCC5CC4)nc3-c3ccc(C#N)cc3)cnc2N1C. The number of pyridine rings is 1. The quantitative estimate of drug-likeness (QED) is 0.620. The highest BCUT2D eigenvalue weighted by Gasteiger charge is 2.31. The van der Waals surface area contributed by atoms with Crippen LogP contribution in [0.15, 0.2) is 36.5 Å². The second kappa shape index (κ2) is 8.66. The van der Waals surface area contributed by atoms with E-state index in [2.05, 4.69) is 46.5 Å². The molecule has 2 unspecified atom stereocenters. The van der Waals surface area contributed by atoms with Crippen LogP contribution in [0.5, 0.6) is 0 Å². The zero-order chi connectivity index (χ0) is 23.2. The monoisotopic (exact) mass is 471 g/mol. The molecule has 3 aliphatic heterocycles. The number of fused-ring (bicyclic) bond motifs is 2. The molecule has 0 saturated carbocycles. The van der Waals surface area contributed by atoms with Crippen LogP contribution in [0.2, 0.25) is 0 Å². The Morgan fingerprint density at radius 3 is 2.50 bits per heavy atom. The van der Waals surface area contributed by atoms with Gasteiger partial charge in [-0.2, -0.15) is 5.26 Å². The van der Waals surface area contributed by atoms with Gasteiger partial charge in [0, 0.05) is 56.6 Å². The van der Waals surface area contributed by atoms with Crippen molar-refractivity contribution in [3.63, 3.8) is 0 Å². The van der Waals surface area contributed by atoms with Crippen LogP contribution >= 0.6 is 11.3 Å². The molecule has 2 saturated heterocycles. The molecular weight excluding hydrogens is 442 g/mol. The smallest absolute Gasteiger partial charge is 0.186 e. The molecule has 3 aromatic rings. The number of nitrogens with one attached hydrogen (secondary N) is 1. The lowest BCUT2D eigenvalue weighted by molar-refractivity contribution is 0.343. The Balaban J connectivity index is 1.39. The highest BCUT2D eigenvalue weighted by atomic mass is 32.1. The highest BCUT2D eigenvalue weighted by Crippen LogP contribution is 2.43. The summed E-state index contributed by atoms with van der Waals surface area (Å²) in [4.78, 5) is 13.6. The molecule has 2 fully saturated rings. The van der Waals surface area contributed by atoms with Crippen molar-refractivity contribution in [1.82, 2.24) is 20.3 Å². The van der Waals surface area contributed by atoms with Crippen LogP contribution in [0.3, 0.4) is 0 Å². The normalized spacial score (nSPS) is 22.4. The zero-order valence-electron chi connectivity index (χ0n) is 19.7. The van der Waals surface area contributed by atoms with Gasteiger partial charge in [0.2, 0.25) is 0 Å². The van der Waals surface area contributed by atoms with Gasteiger partial charge in [-0.1, -0.05) is 23.5 Å². The molecular formula is C26H29N7S. The minimum absolute atomic E-state index is 0.665. The molecule has 34 heavy (non-hydrogen) atoms. The lowest BCUT2D eigenvalue weighted by atomic mass is 9.92. The van der Waals surface area contributed by atoms with Crippen molar-refractivity contribution in [2.24, 2.45) is 11.8 Å². The summed E-state index contributed by atoms with van der Waals surface area (Å²) in [7, 11) is 4.13. The van der Waals surface area contributed by atoms with Crippen LogP contribution < -0.4 is 15.2 Å².